The summed E-state index contributed by atoms with van der Waals surface area (Å²) >= 11 is 1.43. The van der Waals surface area contributed by atoms with Crippen LogP contribution in [0, 0.1) is 17.4 Å². The average molecular weight is 215 g/mol. The molecular weight excluding hydrogens is 198 g/mol. The largest absolute Gasteiger partial charge is 0.382 e. The first kappa shape index (κ1) is 13.3. The molecular formula is C9H17N3OS. The Morgan fingerprint density at radius 3 is 2.64 bits per heavy atom. The number of aliphatic imine (C=N–C) groups is 1. The van der Waals surface area contributed by atoms with Gasteiger partial charge in [0.1, 0.15) is 0 Å². The molecule has 80 valence electrons. The summed E-state index contributed by atoms with van der Waals surface area (Å²) in [7, 11) is 1.65. The highest BCUT2D eigenvalue weighted by Crippen LogP contribution is 2.09. The monoisotopic (exact) mass is 215 g/mol. The zero-order valence-corrected chi connectivity index (χ0v) is 9.89. The van der Waals surface area contributed by atoms with Crippen LogP contribution in [-0.4, -0.2) is 31.2 Å². The van der Waals surface area contributed by atoms with Crippen LogP contribution < -0.4 is 5.32 Å². The standard InChI is InChI=1S/C9H17N3OS/c1-7(2)8(5-13-3)12-9(14-4)11-6-10/h7-8H,5H2,1-4H3,(H,11,12). The van der Waals surface area contributed by atoms with Gasteiger partial charge in [0.15, 0.2) is 11.4 Å². The van der Waals surface area contributed by atoms with Gasteiger partial charge in [0, 0.05) is 7.11 Å². The van der Waals surface area contributed by atoms with Crippen molar-refractivity contribution >= 4 is 16.9 Å². The Morgan fingerprint density at radius 1 is 1.64 bits per heavy atom. The maximum atomic E-state index is 8.46. The summed E-state index contributed by atoms with van der Waals surface area (Å²) in [6.45, 7) is 4.74. The predicted octanol–water partition coefficient (Wildman–Crippen LogP) is 1.45. The van der Waals surface area contributed by atoms with Gasteiger partial charge in [0.05, 0.1) is 12.6 Å². The van der Waals surface area contributed by atoms with Crippen LogP contribution in [0.2, 0.25) is 0 Å². The summed E-state index contributed by atoms with van der Waals surface area (Å²) in [5.41, 5.74) is 0. The van der Waals surface area contributed by atoms with Crippen LogP contribution in [0.15, 0.2) is 4.99 Å². The lowest BCUT2D eigenvalue weighted by Crippen LogP contribution is -2.24. The van der Waals surface area contributed by atoms with E-state index in [1.807, 2.05) is 12.4 Å². The first-order chi connectivity index (χ1) is 6.65. The highest BCUT2D eigenvalue weighted by Gasteiger charge is 2.12. The summed E-state index contributed by atoms with van der Waals surface area (Å²) in [6, 6.07) is 0.100. The highest BCUT2D eigenvalue weighted by atomic mass is 32.2. The maximum Gasteiger partial charge on any atom is 0.183 e. The molecule has 0 saturated heterocycles. The number of rotatable bonds is 4. The van der Waals surface area contributed by atoms with Crippen molar-refractivity contribution in [3.8, 4) is 6.19 Å². The summed E-state index contributed by atoms with van der Waals surface area (Å²) in [5.74, 6) is 0.401. The van der Waals surface area contributed by atoms with Crippen LogP contribution in [0.4, 0.5) is 0 Å². The van der Waals surface area contributed by atoms with Crippen LogP contribution in [-0.2, 0) is 4.74 Å². The quantitative estimate of drug-likeness (QED) is 0.334. The number of ether oxygens (including phenoxy) is 1. The molecule has 0 saturated carbocycles. The topological polar surface area (TPSA) is 57.4 Å². The summed E-state index contributed by atoms with van der Waals surface area (Å²) in [4.78, 5) is 4.39. The fraction of sp³-hybridized carbons (Fsp3) is 0.778. The number of methoxy groups -OCH3 is 1. The third-order valence-corrected chi connectivity index (χ3v) is 2.34. The molecule has 0 heterocycles. The van der Waals surface area contributed by atoms with Gasteiger partial charge in [-0.15, -0.1) is 0 Å². The molecule has 0 rings (SSSR count). The molecule has 0 aliphatic carbocycles. The van der Waals surface area contributed by atoms with Crippen LogP contribution >= 0.6 is 11.8 Å². The zero-order valence-electron chi connectivity index (χ0n) is 9.07. The van der Waals surface area contributed by atoms with Crippen molar-refractivity contribution in [3.05, 3.63) is 0 Å². The Labute approximate surface area is 89.7 Å². The van der Waals surface area contributed by atoms with Gasteiger partial charge >= 0.3 is 0 Å². The molecule has 0 radical (unpaired) electrons. The summed E-state index contributed by atoms with van der Waals surface area (Å²) in [5, 5.41) is 11.6. The summed E-state index contributed by atoms with van der Waals surface area (Å²) < 4.78 is 5.06. The molecule has 0 spiro atoms. The molecule has 0 aliphatic heterocycles. The first-order valence-electron chi connectivity index (χ1n) is 4.41. The number of nitriles is 1. The lowest BCUT2D eigenvalue weighted by atomic mass is 10.1. The second kappa shape index (κ2) is 7.65. The number of hydrogen-bond donors (Lipinski definition) is 1. The Kier molecular flexibility index (Phi) is 7.25. The van der Waals surface area contributed by atoms with Crippen molar-refractivity contribution in [3.63, 3.8) is 0 Å². The van der Waals surface area contributed by atoms with Crippen molar-refractivity contribution in [2.45, 2.75) is 19.9 Å². The van der Waals surface area contributed by atoms with Gasteiger partial charge in [-0.2, -0.15) is 5.26 Å². The highest BCUT2D eigenvalue weighted by molar-refractivity contribution is 8.13. The Morgan fingerprint density at radius 2 is 2.29 bits per heavy atom. The Bertz CT molecular complexity index is 223. The molecule has 0 aromatic rings. The minimum atomic E-state index is 0.100. The molecule has 1 atom stereocenters. The lowest BCUT2D eigenvalue weighted by Gasteiger charge is -2.16. The minimum absolute atomic E-state index is 0.100. The number of nitrogens with one attached hydrogen (secondary N) is 1. The third-order valence-electron chi connectivity index (χ3n) is 1.75. The van der Waals surface area contributed by atoms with Crippen molar-refractivity contribution in [2.24, 2.45) is 10.9 Å². The fourth-order valence-corrected chi connectivity index (χ4v) is 1.27. The van der Waals surface area contributed by atoms with E-state index < -0.39 is 0 Å². The van der Waals surface area contributed by atoms with E-state index in [-0.39, 0.29) is 6.04 Å². The van der Waals surface area contributed by atoms with Crippen molar-refractivity contribution in [1.29, 1.82) is 5.26 Å². The molecule has 1 N–H and O–H groups in total. The number of hydrogen-bond acceptors (Lipinski definition) is 4. The average Bonchev–Trinajstić information content (AvgIpc) is 2.15. The first-order valence-corrected chi connectivity index (χ1v) is 5.64. The van der Waals surface area contributed by atoms with Gasteiger partial charge in [-0.3, -0.25) is 10.3 Å². The van der Waals surface area contributed by atoms with Crippen molar-refractivity contribution < 1.29 is 4.74 Å². The van der Waals surface area contributed by atoms with Crippen LogP contribution in [0.1, 0.15) is 13.8 Å². The lowest BCUT2D eigenvalue weighted by molar-refractivity contribution is 0.165. The molecule has 0 aromatic heterocycles. The van der Waals surface area contributed by atoms with Gasteiger partial charge in [-0.05, 0) is 12.2 Å². The van der Waals surface area contributed by atoms with E-state index in [0.29, 0.717) is 17.7 Å². The van der Waals surface area contributed by atoms with Gasteiger partial charge in [-0.1, -0.05) is 25.6 Å². The second-order valence-corrected chi connectivity index (χ2v) is 3.94. The van der Waals surface area contributed by atoms with Crippen molar-refractivity contribution in [2.75, 3.05) is 20.0 Å². The number of nitrogens with zero attached hydrogens (tertiary/aromatic N) is 2. The molecule has 0 amide bonds. The molecule has 0 bridgehead atoms. The Balaban J connectivity index is 4.42. The molecule has 0 fully saturated rings. The number of amidine groups is 1. The molecule has 1 unspecified atom stereocenters. The smallest absolute Gasteiger partial charge is 0.183 e. The van der Waals surface area contributed by atoms with Gasteiger partial charge in [0.2, 0.25) is 0 Å². The number of thioether (sulfide) groups is 1. The fourth-order valence-electron chi connectivity index (χ4n) is 0.884. The normalized spacial score (nSPS) is 13.9. The van der Waals surface area contributed by atoms with E-state index in [4.69, 9.17) is 10.00 Å². The molecule has 4 nitrogen and oxygen atoms in total. The van der Waals surface area contributed by atoms with Gasteiger partial charge in [0.25, 0.3) is 0 Å². The van der Waals surface area contributed by atoms with E-state index in [0.717, 1.165) is 0 Å². The maximum absolute atomic E-state index is 8.46. The summed E-state index contributed by atoms with van der Waals surface area (Å²) in [6.07, 6.45) is 3.74. The van der Waals surface area contributed by atoms with E-state index in [1.165, 1.54) is 11.8 Å². The predicted molar refractivity (Wildman–Crippen MR) is 60.2 cm³/mol. The van der Waals surface area contributed by atoms with Gasteiger partial charge < -0.3 is 4.74 Å². The molecule has 14 heavy (non-hydrogen) atoms. The second-order valence-electron chi connectivity index (χ2n) is 3.14. The van der Waals surface area contributed by atoms with Crippen molar-refractivity contribution in [1.82, 2.24) is 5.32 Å². The molecule has 5 heteroatoms. The van der Waals surface area contributed by atoms with E-state index in [1.54, 1.807) is 7.11 Å². The minimum Gasteiger partial charge on any atom is -0.382 e. The SMILES string of the molecule is COCC(N=C(NC#N)SC)C(C)C. The van der Waals surface area contributed by atoms with Crippen LogP contribution in [0.5, 0.6) is 0 Å². The van der Waals surface area contributed by atoms with Crippen LogP contribution in [0.25, 0.3) is 0 Å². The molecule has 0 aliphatic rings. The van der Waals surface area contributed by atoms with E-state index >= 15 is 0 Å². The Hall–Kier alpha value is -0.730. The van der Waals surface area contributed by atoms with Gasteiger partial charge in [-0.25, -0.2) is 0 Å². The van der Waals surface area contributed by atoms with E-state index in [9.17, 15) is 0 Å². The third kappa shape index (κ3) is 5.10. The van der Waals surface area contributed by atoms with Crippen LogP contribution in [0.3, 0.4) is 0 Å². The zero-order chi connectivity index (χ0) is 11.0. The molecule has 0 aromatic carbocycles. The van der Waals surface area contributed by atoms with E-state index in [2.05, 4.69) is 24.2 Å².